The van der Waals surface area contributed by atoms with E-state index in [2.05, 4.69) is 74.5 Å². The summed E-state index contributed by atoms with van der Waals surface area (Å²) in [4.78, 5) is 6.82. The van der Waals surface area contributed by atoms with E-state index >= 15 is 0 Å². The molecule has 28 heavy (non-hydrogen) atoms. The number of nitrogens with zero attached hydrogens (tertiary/aromatic N) is 4. The van der Waals surface area contributed by atoms with Crippen LogP contribution in [0.1, 0.15) is 30.3 Å². The Morgan fingerprint density at radius 2 is 1.93 bits per heavy atom. The number of hydrogen-bond donors (Lipinski definition) is 2. The number of benzene rings is 1. The van der Waals surface area contributed by atoms with Crippen LogP contribution in [0.2, 0.25) is 0 Å². The molecule has 3 rings (SSSR count). The number of para-hydroxylation sites is 1. The van der Waals surface area contributed by atoms with Gasteiger partial charge in [-0.25, -0.2) is 0 Å². The van der Waals surface area contributed by atoms with Gasteiger partial charge in [0.1, 0.15) is 0 Å². The maximum atomic E-state index is 4.50. The quantitative estimate of drug-likeness (QED) is 0.268. The molecule has 0 saturated carbocycles. The molecule has 0 bridgehead atoms. The van der Waals surface area contributed by atoms with Crippen molar-refractivity contribution in [1.29, 1.82) is 0 Å². The standard InChI is InChI=1S/C21H32N6.HI/c1-16-14-18(3)27(25-16)12-7-10-23-21(22-4)24-11-13-26-17(2)15-19-8-5-6-9-20(19)26;/h5-6,8-9,14,17H,7,10-13,15H2,1-4H3,(H2,22,23,24);1H. The lowest BCUT2D eigenvalue weighted by Crippen LogP contribution is -2.43. The van der Waals surface area contributed by atoms with E-state index in [0.717, 1.165) is 50.7 Å². The summed E-state index contributed by atoms with van der Waals surface area (Å²) in [6, 6.07) is 11.4. The number of aromatic nitrogens is 2. The Morgan fingerprint density at radius 1 is 1.18 bits per heavy atom. The molecule has 2 heterocycles. The number of aliphatic imine (C=N–C) groups is 1. The third-order valence-corrected chi connectivity index (χ3v) is 5.16. The van der Waals surface area contributed by atoms with Gasteiger partial charge in [-0.15, -0.1) is 24.0 Å². The summed E-state index contributed by atoms with van der Waals surface area (Å²) in [5, 5.41) is 11.3. The van der Waals surface area contributed by atoms with Crippen molar-refractivity contribution in [3.63, 3.8) is 0 Å². The first-order chi connectivity index (χ1) is 13.1. The van der Waals surface area contributed by atoms with Crippen molar-refractivity contribution in [3.8, 4) is 0 Å². The van der Waals surface area contributed by atoms with Crippen molar-refractivity contribution >= 4 is 35.6 Å². The van der Waals surface area contributed by atoms with Gasteiger partial charge in [0, 0.05) is 50.6 Å². The van der Waals surface area contributed by atoms with Crippen molar-refractivity contribution < 1.29 is 0 Å². The van der Waals surface area contributed by atoms with Gasteiger partial charge in [-0.05, 0) is 51.3 Å². The van der Waals surface area contributed by atoms with Gasteiger partial charge in [0.2, 0.25) is 0 Å². The minimum absolute atomic E-state index is 0. The van der Waals surface area contributed by atoms with Gasteiger partial charge in [-0.1, -0.05) is 18.2 Å². The highest BCUT2D eigenvalue weighted by Gasteiger charge is 2.24. The average molecular weight is 496 g/mol. The van der Waals surface area contributed by atoms with E-state index in [0.29, 0.717) is 6.04 Å². The van der Waals surface area contributed by atoms with Crippen LogP contribution >= 0.6 is 24.0 Å². The Balaban J connectivity index is 0.00000280. The molecule has 0 saturated heterocycles. The lowest BCUT2D eigenvalue weighted by atomic mass is 10.1. The van der Waals surface area contributed by atoms with Gasteiger partial charge in [0.25, 0.3) is 0 Å². The molecule has 2 N–H and O–H groups in total. The Morgan fingerprint density at radius 3 is 2.64 bits per heavy atom. The normalized spacial score (nSPS) is 15.9. The van der Waals surface area contributed by atoms with Crippen molar-refractivity contribution in [1.82, 2.24) is 20.4 Å². The molecule has 1 aliphatic rings. The lowest BCUT2D eigenvalue weighted by molar-refractivity contribution is 0.555. The number of anilines is 1. The number of hydrogen-bond acceptors (Lipinski definition) is 3. The predicted molar refractivity (Wildman–Crippen MR) is 128 cm³/mol. The molecule has 0 amide bonds. The summed E-state index contributed by atoms with van der Waals surface area (Å²) in [6.07, 6.45) is 2.15. The summed E-state index contributed by atoms with van der Waals surface area (Å²) in [5.74, 6) is 0.864. The fourth-order valence-corrected chi connectivity index (χ4v) is 3.82. The zero-order valence-corrected chi connectivity index (χ0v) is 19.7. The van der Waals surface area contributed by atoms with E-state index in [4.69, 9.17) is 0 Å². The van der Waals surface area contributed by atoms with Crippen LogP contribution < -0.4 is 15.5 Å². The van der Waals surface area contributed by atoms with Gasteiger partial charge in [-0.3, -0.25) is 9.67 Å². The summed E-state index contributed by atoms with van der Waals surface area (Å²) in [6.45, 7) is 10.1. The molecule has 0 spiro atoms. The van der Waals surface area contributed by atoms with Crippen LogP contribution in [-0.2, 0) is 13.0 Å². The first kappa shape index (κ1) is 22.5. The second-order valence-corrected chi connectivity index (χ2v) is 7.30. The van der Waals surface area contributed by atoms with Crippen molar-refractivity contribution in [3.05, 3.63) is 47.3 Å². The summed E-state index contributed by atoms with van der Waals surface area (Å²) in [5.41, 5.74) is 5.13. The molecule has 1 unspecified atom stereocenters. The molecule has 6 nitrogen and oxygen atoms in total. The van der Waals surface area contributed by atoms with Crippen molar-refractivity contribution in [2.45, 2.75) is 46.2 Å². The lowest BCUT2D eigenvalue weighted by Gasteiger charge is -2.25. The number of aryl methyl sites for hydroxylation is 3. The fraction of sp³-hybridized carbons (Fsp3) is 0.524. The molecule has 0 fully saturated rings. The largest absolute Gasteiger partial charge is 0.367 e. The molecule has 0 radical (unpaired) electrons. The highest BCUT2D eigenvalue weighted by Crippen LogP contribution is 2.31. The SMILES string of the molecule is CN=C(NCCCn1nc(C)cc1C)NCCN1c2ccccc2CC1C.I. The zero-order valence-electron chi connectivity index (χ0n) is 17.4. The van der Waals surface area contributed by atoms with Gasteiger partial charge in [-0.2, -0.15) is 5.10 Å². The minimum atomic E-state index is 0. The summed E-state index contributed by atoms with van der Waals surface area (Å²) in [7, 11) is 1.82. The van der Waals surface area contributed by atoms with Crippen molar-refractivity contribution in [2.24, 2.45) is 4.99 Å². The molecule has 1 aromatic carbocycles. The van der Waals surface area contributed by atoms with Crippen LogP contribution in [0.5, 0.6) is 0 Å². The monoisotopic (exact) mass is 496 g/mol. The van der Waals surface area contributed by atoms with Crippen LogP contribution in [0.15, 0.2) is 35.3 Å². The number of guanidine groups is 1. The minimum Gasteiger partial charge on any atom is -0.367 e. The highest BCUT2D eigenvalue weighted by molar-refractivity contribution is 14.0. The van der Waals surface area contributed by atoms with Crippen LogP contribution in [0.4, 0.5) is 5.69 Å². The third-order valence-electron chi connectivity index (χ3n) is 5.16. The number of rotatable bonds is 7. The van der Waals surface area contributed by atoms with Crippen LogP contribution in [-0.4, -0.2) is 48.5 Å². The highest BCUT2D eigenvalue weighted by atomic mass is 127. The number of nitrogens with one attached hydrogen (secondary N) is 2. The maximum Gasteiger partial charge on any atom is 0.191 e. The van der Waals surface area contributed by atoms with E-state index in [1.165, 1.54) is 16.9 Å². The topological polar surface area (TPSA) is 57.5 Å². The molecule has 1 aliphatic heterocycles. The molecule has 1 atom stereocenters. The van der Waals surface area contributed by atoms with E-state index in [9.17, 15) is 0 Å². The maximum absolute atomic E-state index is 4.50. The summed E-state index contributed by atoms with van der Waals surface area (Å²) < 4.78 is 2.07. The molecule has 7 heteroatoms. The van der Waals surface area contributed by atoms with Gasteiger partial charge >= 0.3 is 0 Å². The Hall–Kier alpha value is -1.77. The fourth-order valence-electron chi connectivity index (χ4n) is 3.82. The first-order valence-electron chi connectivity index (χ1n) is 9.88. The smallest absolute Gasteiger partial charge is 0.191 e. The molecule has 1 aromatic heterocycles. The molecule has 154 valence electrons. The molecular weight excluding hydrogens is 463 g/mol. The number of fused-ring (bicyclic) bond motifs is 1. The predicted octanol–water partition coefficient (Wildman–Crippen LogP) is 3.12. The van der Waals surface area contributed by atoms with Crippen LogP contribution in [0, 0.1) is 13.8 Å². The molecular formula is C21H33IN6. The average Bonchev–Trinajstić information content (AvgIpc) is 3.15. The summed E-state index contributed by atoms with van der Waals surface area (Å²) >= 11 is 0. The second-order valence-electron chi connectivity index (χ2n) is 7.30. The van der Waals surface area contributed by atoms with E-state index in [1.54, 1.807) is 0 Å². The van der Waals surface area contributed by atoms with E-state index in [1.807, 2.05) is 14.0 Å². The van der Waals surface area contributed by atoms with Crippen LogP contribution in [0.25, 0.3) is 0 Å². The van der Waals surface area contributed by atoms with E-state index < -0.39 is 0 Å². The van der Waals surface area contributed by atoms with E-state index in [-0.39, 0.29) is 24.0 Å². The second kappa shape index (κ2) is 10.7. The van der Waals surface area contributed by atoms with Gasteiger partial charge in [0.15, 0.2) is 5.96 Å². The van der Waals surface area contributed by atoms with Crippen LogP contribution in [0.3, 0.4) is 0 Å². The Labute approximate surface area is 185 Å². The number of halogens is 1. The van der Waals surface area contributed by atoms with Gasteiger partial charge < -0.3 is 15.5 Å². The van der Waals surface area contributed by atoms with Crippen molar-refractivity contribution in [2.75, 3.05) is 31.6 Å². The first-order valence-corrected chi connectivity index (χ1v) is 9.88. The molecule has 0 aliphatic carbocycles. The Kier molecular flexibility index (Phi) is 8.59. The molecule has 2 aromatic rings. The zero-order chi connectivity index (χ0) is 19.2. The third kappa shape index (κ3) is 5.62. The Bertz CT molecular complexity index is 785. The van der Waals surface area contributed by atoms with Gasteiger partial charge in [0.05, 0.1) is 5.69 Å².